The van der Waals surface area contributed by atoms with Crippen molar-refractivity contribution in [2.45, 2.75) is 116 Å². The molecule has 0 aliphatic rings. The molecule has 0 bridgehead atoms. The summed E-state index contributed by atoms with van der Waals surface area (Å²) in [6.07, 6.45) is 12.8. The molecule has 0 aliphatic carbocycles. The highest BCUT2D eigenvalue weighted by Gasteiger charge is 2.39. The molecule has 0 spiro atoms. The van der Waals surface area contributed by atoms with Crippen LogP contribution in [0.1, 0.15) is 91.9 Å². The Hall–Kier alpha value is -0.373. The lowest BCUT2D eigenvalue weighted by Gasteiger charge is -2.37. The second-order valence-corrected chi connectivity index (χ2v) is 13.5. The van der Waals surface area contributed by atoms with E-state index in [0.717, 1.165) is 13.0 Å². The van der Waals surface area contributed by atoms with Gasteiger partial charge in [0.15, 0.2) is 14.4 Å². The number of unbranched alkanes of at least 4 members (excludes halogenated alkanes) is 9. The van der Waals surface area contributed by atoms with Gasteiger partial charge in [0, 0.05) is 6.61 Å². The molecule has 0 aromatic heterocycles. The SMILES string of the molecule is CCCCCCCCCCCCOCC(C#N)O[Si](C)(C)C(C)(C)C. The highest BCUT2D eigenvalue weighted by molar-refractivity contribution is 6.74. The Morgan fingerprint density at radius 3 is 1.80 bits per heavy atom. The van der Waals surface area contributed by atoms with Gasteiger partial charge in [0.25, 0.3) is 0 Å². The van der Waals surface area contributed by atoms with Crippen molar-refractivity contribution in [2.24, 2.45) is 0 Å². The van der Waals surface area contributed by atoms with E-state index in [9.17, 15) is 5.26 Å². The molecule has 0 heterocycles. The molecule has 0 aromatic rings. The summed E-state index contributed by atoms with van der Waals surface area (Å²) in [6.45, 7) is 14.4. The van der Waals surface area contributed by atoms with Gasteiger partial charge in [0.05, 0.1) is 12.7 Å². The third kappa shape index (κ3) is 12.6. The lowest BCUT2D eigenvalue weighted by Crippen LogP contribution is -2.44. The molecule has 0 amide bonds. The van der Waals surface area contributed by atoms with E-state index < -0.39 is 14.4 Å². The zero-order chi connectivity index (χ0) is 19.2. The fourth-order valence-corrected chi connectivity index (χ4v) is 3.70. The summed E-state index contributed by atoms with van der Waals surface area (Å²) in [4.78, 5) is 0. The first-order valence-electron chi connectivity index (χ1n) is 10.4. The van der Waals surface area contributed by atoms with Gasteiger partial charge in [-0.05, 0) is 24.6 Å². The predicted molar refractivity (Wildman–Crippen MR) is 110 cm³/mol. The molecular formula is C21H43NO2Si. The van der Waals surface area contributed by atoms with E-state index in [1.807, 2.05) is 0 Å². The van der Waals surface area contributed by atoms with Crippen molar-refractivity contribution in [1.29, 1.82) is 5.26 Å². The van der Waals surface area contributed by atoms with Crippen molar-refractivity contribution in [3.05, 3.63) is 0 Å². The van der Waals surface area contributed by atoms with Crippen LogP contribution in [0.4, 0.5) is 0 Å². The third-order valence-corrected chi connectivity index (χ3v) is 9.78. The molecule has 0 radical (unpaired) electrons. The van der Waals surface area contributed by atoms with Gasteiger partial charge in [0.1, 0.15) is 0 Å². The quantitative estimate of drug-likeness (QED) is 0.234. The topological polar surface area (TPSA) is 42.2 Å². The first kappa shape index (κ1) is 24.6. The average molecular weight is 370 g/mol. The maximum absolute atomic E-state index is 9.30. The lowest BCUT2D eigenvalue weighted by molar-refractivity contribution is 0.0654. The molecule has 0 saturated heterocycles. The monoisotopic (exact) mass is 369 g/mol. The summed E-state index contributed by atoms with van der Waals surface area (Å²) in [5.41, 5.74) is 0. The van der Waals surface area contributed by atoms with Crippen LogP contribution in [-0.2, 0) is 9.16 Å². The smallest absolute Gasteiger partial charge is 0.193 e. The maximum atomic E-state index is 9.30. The van der Waals surface area contributed by atoms with E-state index in [1.54, 1.807) is 0 Å². The second-order valence-electron chi connectivity index (χ2n) is 8.75. The van der Waals surface area contributed by atoms with Gasteiger partial charge in [-0.15, -0.1) is 0 Å². The molecule has 3 nitrogen and oxygen atoms in total. The minimum absolute atomic E-state index is 0.124. The number of hydrogen-bond acceptors (Lipinski definition) is 3. The first-order valence-corrected chi connectivity index (χ1v) is 13.3. The number of rotatable bonds is 15. The highest BCUT2D eigenvalue weighted by atomic mass is 28.4. The van der Waals surface area contributed by atoms with Crippen LogP contribution in [-0.4, -0.2) is 27.6 Å². The number of ether oxygens (including phenoxy) is 1. The van der Waals surface area contributed by atoms with Crippen molar-refractivity contribution in [3.8, 4) is 6.07 Å². The van der Waals surface area contributed by atoms with Gasteiger partial charge in [0.2, 0.25) is 0 Å². The van der Waals surface area contributed by atoms with Crippen LogP contribution in [0.15, 0.2) is 0 Å². The summed E-state index contributed by atoms with van der Waals surface area (Å²) >= 11 is 0. The largest absolute Gasteiger partial charge is 0.400 e. The highest BCUT2D eigenvalue weighted by Crippen LogP contribution is 2.37. The van der Waals surface area contributed by atoms with Gasteiger partial charge in [-0.25, -0.2) is 0 Å². The molecule has 0 rings (SSSR count). The molecule has 0 aliphatic heterocycles. The fourth-order valence-electron chi connectivity index (χ4n) is 2.51. The van der Waals surface area contributed by atoms with E-state index in [2.05, 4.69) is 46.9 Å². The van der Waals surface area contributed by atoms with Crippen LogP contribution in [0.3, 0.4) is 0 Å². The molecule has 4 heteroatoms. The molecule has 25 heavy (non-hydrogen) atoms. The van der Waals surface area contributed by atoms with Crippen molar-refractivity contribution in [3.63, 3.8) is 0 Å². The fraction of sp³-hybridized carbons (Fsp3) is 0.952. The van der Waals surface area contributed by atoms with Gasteiger partial charge < -0.3 is 9.16 Å². The zero-order valence-corrected chi connectivity index (χ0v) is 18.8. The molecule has 148 valence electrons. The number of nitrogens with zero attached hydrogens (tertiary/aromatic N) is 1. The van der Waals surface area contributed by atoms with Gasteiger partial charge in [-0.1, -0.05) is 85.5 Å². The van der Waals surface area contributed by atoms with Crippen LogP contribution >= 0.6 is 0 Å². The normalized spacial score (nSPS) is 13.6. The predicted octanol–water partition coefficient (Wildman–Crippen LogP) is 6.84. The zero-order valence-electron chi connectivity index (χ0n) is 17.8. The van der Waals surface area contributed by atoms with Gasteiger partial charge >= 0.3 is 0 Å². The first-order chi connectivity index (χ1) is 11.7. The van der Waals surface area contributed by atoms with Crippen molar-refractivity contribution in [2.75, 3.05) is 13.2 Å². The van der Waals surface area contributed by atoms with Crippen LogP contribution in [0.25, 0.3) is 0 Å². The minimum atomic E-state index is -1.89. The van der Waals surface area contributed by atoms with Gasteiger partial charge in [-0.2, -0.15) is 5.26 Å². The van der Waals surface area contributed by atoms with Crippen molar-refractivity contribution < 1.29 is 9.16 Å². The Morgan fingerprint density at radius 1 is 0.880 bits per heavy atom. The van der Waals surface area contributed by atoms with Crippen LogP contribution < -0.4 is 0 Å². The van der Waals surface area contributed by atoms with E-state index in [-0.39, 0.29) is 5.04 Å². The molecular weight excluding hydrogens is 326 g/mol. The van der Waals surface area contributed by atoms with Crippen LogP contribution in [0.2, 0.25) is 18.1 Å². The standard InChI is InChI=1S/C21H43NO2Si/c1-7-8-9-10-11-12-13-14-15-16-17-23-19-20(18-22)24-25(5,6)21(2,3)4/h20H,7-17,19H2,1-6H3. The molecule has 0 aromatic carbocycles. The number of nitriles is 1. The van der Waals surface area contributed by atoms with E-state index in [4.69, 9.17) is 9.16 Å². The van der Waals surface area contributed by atoms with Crippen LogP contribution in [0.5, 0.6) is 0 Å². The summed E-state index contributed by atoms with van der Waals surface area (Å²) in [7, 11) is -1.89. The van der Waals surface area contributed by atoms with Crippen LogP contribution in [0, 0.1) is 11.3 Å². The molecule has 1 unspecified atom stereocenters. The van der Waals surface area contributed by atoms with E-state index >= 15 is 0 Å². The Morgan fingerprint density at radius 2 is 1.36 bits per heavy atom. The summed E-state index contributed by atoms with van der Waals surface area (Å²) < 4.78 is 11.8. The number of hydrogen-bond donors (Lipinski definition) is 0. The third-order valence-electron chi connectivity index (χ3n) is 5.30. The Kier molecular flexibility index (Phi) is 13.6. The molecule has 0 fully saturated rings. The molecule has 0 N–H and O–H groups in total. The second kappa shape index (κ2) is 13.8. The Bertz CT molecular complexity index is 358. The molecule has 0 saturated carbocycles. The summed E-state index contributed by atoms with van der Waals surface area (Å²) in [5, 5.41) is 9.42. The lowest BCUT2D eigenvalue weighted by atomic mass is 10.1. The Balaban J connectivity index is 3.62. The summed E-state index contributed by atoms with van der Waals surface area (Å²) in [6, 6.07) is 2.26. The van der Waals surface area contributed by atoms with Gasteiger partial charge in [-0.3, -0.25) is 0 Å². The molecule has 1 atom stereocenters. The van der Waals surface area contributed by atoms with Crippen molar-refractivity contribution in [1.82, 2.24) is 0 Å². The Labute approximate surface area is 158 Å². The average Bonchev–Trinajstić information content (AvgIpc) is 2.53. The van der Waals surface area contributed by atoms with E-state index in [0.29, 0.717) is 6.61 Å². The van der Waals surface area contributed by atoms with Crippen molar-refractivity contribution >= 4 is 8.32 Å². The summed E-state index contributed by atoms with van der Waals surface area (Å²) in [5.74, 6) is 0. The minimum Gasteiger partial charge on any atom is -0.400 e. The van der Waals surface area contributed by atoms with E-state index in [1.165, 1.54) is 57.8 Å². The maximum Gasteiger partial charge on any atom is 0.193 e.